The third-order valence-corrected chi connectivity index (χ3v) is 5.66. The number of hydrogen-bond acceptors (Lipinski definition) is 6. The summed E-state index contributed by atoms with van der Waals surface area (Å²) in [6, 6.07) is 9.13. The third-order valence-electron chi connectivity index (χ3n) is 3.83. The van der Waals surface area contributed by atoms with Gasteiger partial charge in [0.1, 0.15) is 5.82 Å². The Labute approximate surface area is 160 Å². The molecular weight excluding hydrogens is 366 g/mol. The molecule has 0 aliphatic heterocycles. The Balaban J connectivity index is 1.99. The molecule has 27 heavy (non-hydrogen) atoms. The molecule has 1 heterocycles. The van der Waals surface area contributed by atoms with Crippen molar-refractivity contribution in [2.45, 2.75) is 25.2 Å². The average Bonchev–Trinajstić information content (AvgIpc) is 2.63. The van der Waals surface area contributed by atoms with Crippen LogP contribution in [0, 0.1) is 5.92 Å². The molecule has 1 aromatic carbocycles. The summed E-state index contributed by atoms with van der Waals surface area (Å²) < 4.78 is 25.2. The molecule has 0 saturated carbocycles. The van der Waals surface area contributed by atoms with E-state index in [0.29, 0.717) is 23.1 Å². The highest BCUT2D eigenvalue weighted by Gasteiger charge is 2.17. The second-order valence-corrected chi connectivity index (χ2v) is 8.83. The summed E-state index contributed by atoms with van der Waals surface area (Å²) in [6.45, 7) is 5.10. The molecule has 2 N–H and O–H groups in total. The number of carbonyl (C=O) groups excluding carboxylic acids is 1. The molecule has 1 aromatic heterocycles. The van der Waals surface area contributed by atoms with E-state index in [1.807, 2.05) is 0 Å². The zero-order valence-electron chi connectivity index (χ0n) is 15.9. The fourth-order valence-electron chi connectivity index (χ4n) is 2.16. The van der Waals surface area contributed by atoms with E-state index in [0.717, 1.165) is 17.3 Å². The lowest BCUT2D eigenvalue weighted by molar-refractivity contribution is 0.102. The molecule has 0 unspecified atom stereocenters. The molecule has 0 bridgehead atoms. The maximum atomic E-state index is 12.3. The van der Waals surface area contributed by atoms with Crippen LogP contribution >= 0.6 is 0 Å². The number of nitrogens with zero attached hydrogens (tertiary/aromatic N) is 3. The van der Waals surface area contributed by atoms with Gasteiger partial charge in [0.15, 0.2) is 5.82 Å². The van der Waals surface area contributed by atoms with E-state index in [-0.39, 0.29) is 4.90 Å². The fourth-order valence-corrected chi connectivity index (χ4v) is 3.06. The van der Waals surface area contributed by atoms with Gasteiger partial charge in [-0.15, -0.1) is 10.2 Å². The maximum Gasteiger partial charge on any atom is 0.256 e. The van der Waals surface area contributed by atoms with Crippen molar-refractivity contribution < 1.29 is 13.2 Å². The maximum absolute atomic E-state index is 12.3. The van der Waals surface area contributed by atoms with Gasteiger partial charge < -0.3 is 10.6 Å². The molecule has 0 radical (unpaired) electrons. The van der Waals surface area contributed by atoms with Gasteiger partial charge in [0, 0.05) is 26.2 Å². The first-order valence-corrected chi connectivity index (χ1v) is 10.1. The van der Waals surface area contributed by atoms with Crippen molar-refractivity contribution in [2.24, 2.45) is 5.92 Å². The van der Waals surface area contributed by atoms with Crippen LogP contribution in [-0.4, -0.2) is 49.5 Å². The van der Waals surface area contributed by atoms with Gasteiger partial charge in [0.05, 0.1) is 4.90 Å². The highest BCUT2D eigenvalue weighted by molar-refractivity contribution is 7.89. The number of rotatable bonds is 8. The van der Waals surface area contributed by atoms with E-state index in [1.54, 1.807) is 12.1 Å². The largest absolute Gasteiger partial charge is 0.369 e. The van der Waals surface area contributed by atoms with E-state index in [2.05, 4.69) is 34.7 Å². The van der Waals surface area contributed by atoms with Gasteiger partial charge in [0.25, 0.3) is 5.91 Å². The normalized spacial score (nSPS) is 11.6. The Kier molecular flexibility index (Phi) is 6.86. The molecule has 1 amide bonds. The first-order chi connectivity index (χ1) is 12.7. The lowest BCUT2D eigenvalue weighted by atomic mass is 10.1. The predicted molar refractivity (Wildman–Crippen MR) is 105 cm³/mol. The molecule has 0 atom stereocenters. The SMILES string of the molecule is CC(C)CCNc1ccc(NC(=O)c2ccc(S(=O)(=O)N(C)C)cc2)nn1. The summed E-state index contributed by atoms with van der Waals surface area (Å²) in [5.74, 6) is 1.17. The molecule has 0 aliphatic carbocycles. The molecule has 0 saturated heterocycles. The quantitative estimate of drug-likeness (QED) is 0.716. The molecule has 8 nitrogen and oxygen atoms in total. The van der Waals surface area contributed by atoms with Gasteiger partial charge in [0.2, 0.25) is 10.0 Å². The Morgan fingerprint density at radius 3 is 2.15 bits per heavy atom. The first kappa shape index (κ1) is 20.8. The smallest absolute Gasteiger partial charge is 0.256 e. The van der Waals surface area contributed by atoms with Gasteiger partial charge in [-0.05, 0) is 48.7 Å². The topological polar surface area (TPSA) is 104 Å². The minimum atomic E-state index is -3.52. The van der Waals surface area contributed by atoms with Crippen LogP contribution in [0.25, 0.3) is 0 Å². The van der Waals surface area contributed by atoms with Crippen LogP contribution in [0.5, 0.6) is 0 Å². The van der Waals surface area contributed by atoms with Crippen LogP contribution < -0.4 is 10.6 Å². The molecule has 0 fully saturated rings. The molecule has 2 aromatic rings. The van der Waals surface area contributed by atoms with Crippen molar-refractivity contribution in [3.05, 3.63) is 42.0 Å². The zero-order valence-corrected chi connectivity index (χ0v) is 16.7. The first-order valence-electron chi connectivity index (χ1n) is 8.61. The summed E-state index contributed by atoms with van der Waals surface area (Å²) in [5.41, 5.74) is 0.327. The highest BCUT2D eigenvalue weighted by atomic mass is 32.2. The summed E-state index contributed by atoms with van der Waals surface area (Å²) in [6.07, 6.45) is 1.03. The standard InChI is InChI=1S/C18H25N5O3S/c1-13(2)11-12-19-16-9-10-17(22-21-16)20-18(24)14-5-7-15(8-6-14)27(25,26)23(3)4/h5-10,13H,11-12H2,1-4H3,(H,19,21)(H,20,22,24). The molecule has 2 rings (SSSR count). The van der Waals surface area contributed by atoms with Crippen LogP contribution in [0.15, 0.2) is 41.3 Å². The lowest BCUT2D eigenvalue weighted by Gasteiger charge is -2.11. The van der Waals surface area contributed by atoms with Crippen molar-refractivity contribution in [1.82, 2.24) is 14.5 Å². The van der Waals surface area contributed by atoms with E-state index in [4.69, 9.17) is 0 Å². The number of aromatic nitrogens is 2. The molecule has 0 spiro atoms. The zero-order chi connectivity index (χ0) is 20.0. The van der Waals surface area contributed by atoms with Gasteiger partial charge >= 0.3 is 0 Å². The van der Waals surface area contributed by atoms with E-state index >= 15 is 0 Å². The predicted octanol–water partition coefficient (Wildman–Crippen LogP) is 2.44. The second kappa shape index (κ2) is 8.92. The number of sulfonamides is 1. The van der Waals surface area contributed by atoms with Crippen molar-refractivity contribution in [3.8, 4) is 0 Å². The molecular formula is C18H25N5O3S. The Morgan fingerprint density at radius 1 is 1.04 bits per heavy atom. The summed E-state index contributed by atoms with van der Waals surface area (Å²) in [7, 11) is -0.615. The van der Waals surface area contributed by atoms with Crippen molar-refractivity contribution in [2.75, 3.05) is 31.3 Å². The van der Waals surface area contributed by atoms with Gasteiger partial charge in [-0.25, -0.2) is 12.7 Å². The van der Waals surface area contributed by atoms with Gasteiger partial charge in [-0.3, -0.25) is 4.79 Å². The summed E-state index contributed by atoms with van der Waals surface area (Å²) in [5, 5.41) is 13.8. The van der Waals surface area contributed by atoms with Crippen LogP contribution in [0.4, 0.5) is 11.6 Å². The Morgan fingerprint density at radius 2 is 1.63 bits per heavy atom. The minimum absolute atomic E-state index is 0.126. The van der Waals surface area contributed by atoms with E-state index < -0.39 is 15.9 Å². The molecule has 0 aliphatic rings. The third kappa shape index (κ3) is 5.73. The minimum Gasteiger partial charge on any atom is -0.369 e. The number of anilines is 2. The fraction of sp³-hybridized carbons (Fsp3) is 0.389. The van der Waals surface area contributed by atoms with E-state index in [1.165, 1.54) is 38.4 Å². The van der Waals surface area contributed by atoms with Crippen molar-refractivity contribution >= 4 is 27.6 Å². The molecule has 9 heteroatoms. The molecule has 146 valence electrons. The van der Waals surface area contributed by atoms with Crippen LogP contribution in [0.1, 0.15) is 30.6 Å². The number of hydrogen-bond donors (Lipinski definition) is 2. The van der Waals surface area contributed by atoms with Crippen LogP contribution in [-0.2, 0) is 10.0 Å². The Bertz CT molecular complexity index is 863. The van der Waals surface area contributed by atoms with Gasteiger partial charge in [-0.2, -0.15) is 0 Å². The highest BCUT2D eigenvalue weighted by Crippen LogP contribution is 2.15. The van der Waals surface area contributed by atoms with E-state index in [9.17, 15) is 13.2 Å². The number of benzene rings is 1. The number of nitrogens with one attached hydrogen (secondary N) is 2. The van der Waals surface area contributed by atoms with Crippen molar-refractivity contribution in [3.63, 3.8) is 0 Å². The second-order valence-electron chi connectivity index (χ2n) is 6.68. The van der Waals surface area contributed by atoms with Crippen LogP contribution in [0.3, 0.4) is 0 Å². The van der Waals surface area contributed by atoms with Crippen LogP contribution in [0.2, 0.25) is 0 Å². The lowest BCUT2D eigenvalue weighted by Crippen LogP contribution is -2.22. The Hall–Kier alpha value is -2.52. The number of amides is 1. The van der Waals surface area contributed by atoms with Gasteiger partial charge in [-0.1, -0.05) is 13.8 Å². The monoisotopic (exact) mass is 391 g/mol. The van der Waals surface area contributed by atoms with Crippen molar-refractivity contribution in [1.29, 1.82) is 0 Å². The average molecular weight is 391 g/mol. The number of carbonyl (C=O) groups is 1. The summed E-state index contributed by atoms with van der Waals surface area (Å²) in [4.78, 5) is 12.4. The summed E-state index contributed by atoms with van der Waals surface area (Å²) >= 11 is 0.